The van der Waals surface area contributed by atoms with Gasteiger partial charge in [-0.15, -0.1) is 11.3 Å². The Balaban J connectivity index is 2.23. The summed E-state index contributed by atoms with van der Waals surface area (Å²) in [6.07, 6.45) is 0. The van der Waals surface area contributed by atoms with Crippen LogP contribution in [0.5, 0.6) is 0 Å². The second-order valence-corrected chi connectivity index (χ2v) is 5.09. The van der Waals surface area contributed by atoms with Gasteiger partial charge >= 0.3 is 0 Å². The van der Waals surface area contributed by atoms with E-state index in [2.05, 4.69) is 5.32 Å². The summed E-state index contributed by atoms with van der Waals surface area (Å²) in [6.45, 7) is 0. The van der Waals surface area contributed by atoms with E-state index in [0.717, 1.165) is 0 Å². The zero-order chi connectivity index (χ0) is 13.1. The van der Waals surface area contributed by atoms with Gasteiger partial charge in [0.15, 0.2) is 0 Å². The van der Waals surface area contributed by atoms with Crippen LogP contribution in [0, 0.1) is 11.3 Å². The summed E-state index contributed by atoms with van der Waals surface area (Å²) in [4.78, 5) is 11.9. The molecule has 0 spiro atoms. The van der Waals surface area contributed by atoms with E-state index in [1.165, 1.54) is 17.4 Å². The summed E-state index contributed by atoms with van der Waals surface area (Å²) in [7, 11) is 0. The average Bonchev–Trinajstić information content (AvgIpc) is 2.79. The Labute approximate surface area is 118 Å². The van der Waals surface area contributed by atoms with Crippen LogP contribution in [0.1, 0.15) is 15.9 Å². The fourth-order valence-corrected chi connectivity index (χ4v) is 2.34. The minimum Gasteiger partial charge on any atom is -0.312 e. The molecule has 0 saturated heterocycles. The van der Waals surface area contributed by atoms with Crippen LogP contribution in [0.3, 0.4) is 0 Å². The maximum Gasteiger partial charge on any atom is 0.256 e. The number of benzene rings is 1. The third-order valence-corrected chi connectivity index (χ3v) is 3.76. The Bertz CT molecular complexity index is 646. The van der Waals surface area contributed by atoms with Crippen molar-refractivity contribution in [2.24, 2.45) is 0 Å². The molecule has 1 heterocycles. The molecule has 6 heteroatoms. The van der Waals surface area contributed by atoms with Gasteiger partial charge in [-0.1, -0.05) is 23.2 Å². The SMILES string of the molecule is N#Cc1ccsc1NC(=O)c1ccc(Cl)c(Cl)c1. The first-order valence-electron chi connectivity index (χ1n) is 4.86. The average molecular weight is 297 g/mol. The van der Waals surface area contributed by atoms with Crippen LogP contribution in [-0.4, -0.2) is 5.91 Å². The summed E-state index contributed by atoms with van der Waals surface area (Å²) < 4.78 is 0. The standard InChI is InChI=1S/C12H6Cl2N2OS/c13-9-2-1-7(5-10(9)14)11(17)16-12-8(6-15)3-4-18-12/h1-5H,(H,16,17). The Hall–Kier alpha value is -1.54. The zero-order valence-electron chi connectivity index (χ0n) is 8.91. The molecule has 0 aliphatic heterocycles. The molecule has 90 valence electrons. The highest BCUT2D eigenvalue weighted by molar-refractivity contribution is 7.14. The van der Waals surface area contributed by atoms with Gasteiger partial charge in [0.2, 0.25) is 0 Å². The van der Waals surface area contributed by atoms with Crippen molar-refractivity contribution in [1.29, 1.82) is 5.26 Å². The number of nitriles is 1. The highest BCUT2D eigenvalue weighted by atomic mass is 35.5. The van der Waals surface area contributed by atoms with Crippen LogP contribution in [0.25, 0.3) is 0 Å². The smallest absolute Gasteiger partial charge is 0.256 e. The van der Waals surface area contributed by atoms with Gasteiger partial charge in [-0.2, -0.15) is 5.26 Å². The van der Waals surface area contributed by atoms with Crippen LogP contribution in [0.2, 0.25) is 10.0 Å². The van der Waals surface area contributed by atoms with Crippen molar-refractivity contribution in [1.82, 2.24) is 0 Å². The molecule has 1 amide bonds. The van der Waals surface area contributed by atoms with Crippen LogP contribution >= 0.6 is 34.5 Å². The van der Waals surface area contributed by atoms with Gasteiger partial charge in [-0.3, -0.25) is 4.79 Å². The molecular weight excluding hydrogens is 291 g/mol. The lowest BCUT2D eigenvalue weighted by atomic mass is 10.2. The molecule has 3 nitrogen and oxygen atoms in total. The Morgan fingerprint density at radius 3 is 2.72 bits per heavy atom. The molecule has 1 aromatic carbocycles. The number of hydrogen-bond acceptors (Lipinski definition) is 3. The van der Waals surface area contributed by atoms with Gasteiger partial charge in [0, 0.05) is 5.56 Å². The molecule has 1 aromatic heterocycles. The van der Waals surface area contributed by atoms with Crippen LogP contribution < -0.4 is 5.32 Å². The first kappa shape index (κ1) is 12.9. The third kappa shape index (κ3) is 2.65. The van der Waals surface area contributed by atoms with Gasteiger partial charge in [0.25, 0.3) is 5.91 Å². The van der Waals surface area contributed by atoms with Crippen molar-refractivity contribution in [3.05, 3.63) is 50.8 Å². The minimum absolute atomic E-state index is 0.316. The van der Waals surface area contributed by atoms with Gasteiger partial charge in [-0.25, -0.2) is 0 Å². The first-order chi connectivity index (χ1) is 8.61. The van der Waals surface area contributed by atoms with E-state index in [-0.39, 0.29) is 5.91 Å². The molecule has 0 fully saturated rings. The molecular formula is C12H6Cl2N2OS. The Morgan fingerprint density at radius 2 is 2.06 bits per heavy atom. The van der Waals surface area contributed by atoms with E-state index in [1.54, 1.807) is 23.6 Å². The lowest BCUT2D eigenvalue weighted by Gasteiger charge is -2.04. The monoisotopic (exact) mass is 296 g/mol. The van der Waals surface area contributed by atoms with Crippen LogP contribution in [0.15, 0.2) is 29.6 Å². The number of nitrogens with zero attached hydrogens (tertiary/aromatic N) is 1. The second kappa shape index (κ2) is 5.40. The number of anilines is 1. The molecule has 0 radical (unpaired) electrons. The highest BCUT2D eigenvalue weighted by Crippen LogP contribution is 2.25. The fraction of sp³-hybridized carbons (Fsp3) is 0. The number of thiophene rings is 1. The largest absolute Gasteiger partial charge is 0.312 e. The van der Waals surface area contributed by atoms with Crippen molar-refractivity contribution >= 4 is 45.4 Å². The van der Waals surface area contributed by atoms with Crippen molar-refractivity contribution in [2.45, 2.75) is 0 Å². The fourth-order valence-electron chi connectivity index (χ4n) is 1.31. The predicted molar refractivity (Wildman–Crippen MR) is 73.4 cm³/mol. The Morgan fingerprint density at radius 1 is 1.28 bits per heavy atom. The van der Waals surface area contributed by atoms with E-state index >= 15 is 0 Å². The molecule has 2 rings (SSSR count). The molecule has 18 heavy (non-hydrogen) atoms. The van der Waals surface area contributed by atoms with Crippen molar-refractivity contribution in [2.75, 3.05) is 5.32 Å². The van der Waals surface area contributed by atoms with Gasteiger partial charge in [0.05, 0.1) is 15.6 Å². The predicted octanol–water partition coefficient (Wildman–Crippen LogP) is 4.18. The molecule has 1 N–H and O–H groups in total. The first-order valence-corrected chi connectivity index (χ1v) is 6.49. The second-order valence-electron chi connectivity index (χ2n) is 3.36. The summed E-state index contributed by atoms with van der Waals surface area (Å²) in [6, 6.07) is 8.26. The summed E-state index contributed by atoms with van der Waals surface area (Å²) in [5.41, 5.74) is 0.829. The summed E-state index contributed by atoms with van der Waals surface area (Å²) in [5, 5.41) is 14.5. The molecule has 0 saturated carbocycles. The lowest BCUT2D eigenvalue weighted by molar-refractivity contribution is 0.102. The van der Waals surface area contributed by atoms with Crippen molar-refractivity contribution < 1.29 is 4.79 Å². The van der Waals surface area contributed by atoms with Gasteiger partial charge in [-0.05, 0) is 29.6 Å². The van der Waals surface area contributed by atoms with Gasteiger partial charge in [0.1, 0.15) is 11.1 Å². The maximum absolute atomic E-state index is 11.9. The lowest BCUT2D eigenvalue weighted by Crippen LogP contribution is -2.11. The molecule has 0 bridgehead atoms. The number of carbonyl (C=O) groups is 1. The number of nitrogens with one attached hydrogen (secondary N) is 1. The summed E-state index contributed by atoms with van der Waals surface area (Å²) >= 11 is 12.9. The van der Waals surface area contributed by atoms with E-state index in [1.807, 2.05) is 6.07 Å². The highest BCUT2D eigenvalue weighted by Gasteiger charge is 2.11. The van der Waals surface area contributed by atoms with E-state index < -0.39 is 0 Å². The number of hydrogen-bond donors (Lipinski definition) is 1. The number of amides is 1. The van der Waals surface area contributed by atoms with Gasteiger partial charge < -0.3 is 5.32 Å². The molecule has 0 unspecified atom stereocenters. The number of halogens is 2. The number of carbonyl (C=O) groups excluding carboxylic acids is 1. The quantitative estimate of drug-likeness (QED) is 0.904. The van der Waals surface area contributed by atoms with Crippen LogP contribution in [-0.2, 0) is 0 Å². The van der Waals surface area contributed by atoms with Crippen molar-refractivity contribution in [3.8, 4) is 6.07 Å². The maximum atomic E-state index is 11.9. The van der Waals surface area contributed by atoms with E-state index in [0.29, 0.717) is 26.2 Å². The molecule has 2 aromatic rings. The third-order valence-electron chi connectivity index (χ3n) is 2.19. The molecule has 0 aliphatic rings. The van der Waals surface area contributed by atoms with Crippen LogP contribution in [0.4, 0.5) is 5.00 Å². The van der Waals surface area contributed by atoms with Crippen molar-refractivity contribution in [3.63, 3.8) is 0 Å². The molecule has 0 aliphatic carbocycles. The normalized spacial score (nSPS) is 9.83. The minimum atomic E-state index is -0.326. The topological polar surface area (TPSA) is 52.9 Å². The zero-order valence-corrected chi connectivity index (χ0v) is 11.2. The van der Waals surface area contributed by atoms with E-state index in [4.69, 9.17) is 28.5 Å². The summed E-state index contributed by atoms with van der Waals surface area (Å²) in [5.74, 6) is -0.326. The number of rotatable bonds is 2. The Kier molecular flexibility index (Phi) is 3.87. The molecule has 0 atom stereocenters. The van der Waals surface area contributed by atoms with E-state index in [9.17, 15) is 4.79 Å².